The number of nitrogens with zero attached hydrogens (tertiary/aromatic N) is 2. The van der Waals surface area contributed by atoms with E-state index in [2.05, 4.69) is 37.8 Å². The number of halogens is 3. The lowest BCUT2D eigenvalue weighted by Crippen LogP contribution is -2.02. The monoisotopic (exact) mass is 429 g/mol. The van der Waals surface area contributed by atoms with Crippen molar-refractivity contribution in [2.45, 2.75) is 39.4 Å². The summed E-state index contributed by atoms with van der Waals surface area (Å²) >= 11 is 11.5. The first-order chi connectivity index (χ1) is 11.5. The van der Waals surface area contributed by atoms with Gasteiger partial charge in [0.1, 0.15) is 4.60 Å². The van der Waals surface area contributed by atoms with Gasteiger partial charge in [-0.05, 0) is 65.2 Å². The molecule has 0 saturated carbocycles. The summed E-state index contributed by atoms with van der Waals surface area (Å²) in [6.45, 7) is 4.36. The molecule has 0 aromatic carbocycles. The van der Waals surface area contributed by atoms with Gasteiger partial charge in [-0.15, -0.1) is 11.3 Å². The molecule has 0 bridgehead atoms. The lowest BCUT2D eigenvalue weighted by molar-refractivity contribution is 0.341. The van der Waals surface area contributed by atoms with Gasteiger partial charge < -0.3 is 5.32 Å². The van der Waals surface area contributed by atoms with E-state index in [-0.39, 0.29) is 0 Å². The van der Waals surface area contributed by atoms with Crippen molar-refractivity contribution in [1.82, 2.24) is 9.61 Å². The molecule has 0 fully saturated rings. The van der Waals surface area contributed by atoms with E-state index in [1.54, 1.807) is 22.8 Å². The second-order valence-corrected chi connectivity index (χ2v) is 7.96. The van der Waals surface area contributed by atoms with Crippen molar-refractivity contribution < 1.29 is 4.39 Å². The number of aromatic nitrogens is 2. The molecule has 128 valence electrons. The SMILES string of the molecule is Cc1c(CCC(C)F)c(Br)n2nc(Cl)cc(NCc3cccs3)c12. The number of thiophene rings is 1. The Balaban J connectivity index is 2.00. The number of rotatable bonds is 6. The van der Waals surface area contributed by atoms with Crippen LogP contribution in [0.25, 0.3) is 5.52 Å². The molecule has 3 aromatic rings. The summed E-state index contributed by atoms with van der Waals surface area (Å²) in [6.07, 6.45) is 0.324. The van der Waals surface area contributed by atoms with Gasteiger partial charge in [0.2, 0.25) is 0 Å². The number of hydrogen-bond acceptors (Lipinski definition) is 3. The molecule has 3 aromatic heterocycles. The minimum Gasteiger partial charge on any atom is -0.378 e. The van der Waals surface area contributed by atoms with E-state index >= 15 is 0 Å². The third-order valence-electron chi connectivity index (χ3n) is 3.99. The second kappa shape index (κ2) is 7.42. The number of anilines is 1. The van der Waals surface area contributed by atoms with Crippen molar-refractivity contribution in [2.75, 3.05) is 5.32 Å². The zero-order valence-corrected chi connectivity index (χ0v) is 16.6. The zero-order chi connectivity index (χ0) is 17.3. The average molecular weight is 431 g/mol. The Bertz CT molecular complexity index is 846. The number of alkyl halides is 1. The summed E-state index contributed by atoms with van der Waals surface area (Å²) in [7, 11) is 0. The van der Waals surface area contributed by atoms with E-state index in [1.165, 1.54) is 4.88 Å². The van der Waals surface area contributed by atoms with Gasteiger partial charge in [0.05, 0.1) is 17.4 Å². The van der Waals surface area contributed by atoms with Crippen molar-refractivity contribution >= 4 is 50.1 Å². The van der Waals surface area contributed by atoms with Crippen LogP contribution in [0.1, 0.15) is 29.3 Å². The highest BCUT2D eigenvalue weighted by Crippen LogP contribution is 2.34. The normalized spacial score (nSPS) is 12.7. The Hall–Kier alpha value is -1.11. The third kappa shape index (κ3) is 3.60. The molecule has 24 heavy (non-hydrogen) atoms. The van der Waals surface area contributed by atoms with Crippen LogP contribution in [0, 0.1) is 6.92 Å². The van der Waals surface area contributed by atoms with Crippen LogP contribution in [0.5, 0.6) is 0 Å². The summed E-state index contributed by atoms with van der Waals surface area (Å²) in [5.74, 6) is 0. The van der Waals surface area contributed by atoms with Gasteiger partial charge in [-0.3, -0.25) is 0 Å². The molecule has 1 atom stereocenters. The van der Waals surface area contributed by atoms with Crippen LogP contribution in [0.3, 0.4) is 0 Å². The molecule has 0 spiro atoms. The Labute approximate surface area is 158 Å². The Morgan fingerprint density at radius 1 is 1.50 bits per heavy atom. The van der Waals surface area contributed by atoms with E-state index in [1.807, 2.05) is 19.1 Å². The summed E-state index contributed by atoms with van der Waals surface area (Å²) in [5, 5.41) is 10.3. The molecule has 0 saturated heterocycles. The van der Waals surface area contributed by atoms with Crippen LogP contribution in [0.4, 0.5) is 10.1 Å². The standard InChI is InChI=1S/C17H18BrClFN3S/c1-10(20)5-6-13-11(2)16-14(21-9-12-4-3-7-24-12)8-15(19)22-23(16)17(13)18/h3-4,7-8,10,21H,5-6,9H2,1-2H3. The third-order valence-corrected chi connectivity index (χ3v) is 5.87. The molecule has 0 aliphatic rings. The van der Waals surface area contributed by atoms with E-state index in [9.17, 15) is 4.39 Å². The van der Waals surface area contributed by atoms with Crippen LogP contribution in [-0.2, 0) is 13.0 Å². The van der Waals surface area contributed by atoms with Gasteiger partial charge in [-0.2, -0.15) is 5.10 Å². The summed E-state index contributed by atoms with van der Waals surface area (Å²) in [6, 6.07) is 5.96. The first kappa shape index (κ1) is 17.7. The average Bonchev–Trinajstić information content (AvgIpc) is 3.12. The first-order valence-corrected chi connectivity index (χ1v) is 9.79. The van der Waals surface area contributed by atoms with Crippen LogP contribution in [-0.4, -0.2) is 15.8 Å². The largest absolute Gasteiger partial charge is 0.378 e. The highest BCUT2D eigenvalue weighted by molar-refractivity contribution is 9.10. The van der Waals surface area contributed by atoms with Crippen molar-refractivity contribution in [1.29, 1.82) is 0 Å². The number of fused-ring (bicyclic) bond motifs is 1. The number of nitrogens with one attached hydrogen (secondary N) is 1. The molecule has 3 nitrogen and oxygen atoms in total. The van der Waals surface area contributed by atoms with Crippen molar-refractivity contribution in [2.24, 2.45) is 0 Å². The van der Waals surface area contributed by atoms with E-state index in [0.717, 1.165) is 33.5 Å². The fraction of sp³-hybridized carbons (Fsp3) is 0.353. The second-order valence-electron chi connectivity index (χ2n) is 5.79. The molecule has 0 aliphatic carbocycles. The lowest BCUT2D eigenvalue weighted by Gasteiger charge is -2.09. The first-order valence-electron chi connectivity index (χ1n) is 7.74. The Morgan fingerprint density at radius 3 is 2.96 bits per heavy atom. The predicted octanol–water partition coefficient (Wildman–Crippen LogP) is 6.02. The van der Waals surface area contributed by atoms with Crippen LogP contribution in [0.15, 0.2) is 28.2 Å². The van der Waals surface area contributed by atoms with Gasteiger partial charge in [0.25, 0.3) is 0 Å². The fourth-order valence-corrected chi connectivity index (χ4v) is 4.35. The maximum absolute atomic E-state index is 13.3. The molecule has 0 aliphatic heterocycles. The lowest BCUT2D eigenvalue weighted by atomic mass is 10.1. The van der Waals surface area contributed by atoms with Crippen molar-refractivity contribution in [3.05, 3.63) is 49.3 Å². The van der Waals surface area contributed by atoms with Gasteiger partial charge in [0, 0.05) is 17.5 Å². The molecular formula is C17H18BrClFN3S. The molecular weight excluding hydrogens is 413 g/mol. The Morgan fingerprint density at radius 2 is 2.29 bits per heavy atom. The summed E-state index contributed by atoms with van der Waals surface area (Å²) in [4.78, 5) is 1.25. The fourth-order valence-electron chi connectivity index (χ4n) is 2.77. The molecule has 1 unspecified atom stereocenters. The highest BCUT2D eigenvalue weighted by Gasteiger charge is 2.19. The molecule has 3 heterocycles. The van der Waals surface area contributed by atoms with E-state index < -0.39 is 6.17 Å². The van der Waals surface area contributed by atoms with Crippen LogP contribution >= 0.6 is 38.9 Å². The van der Waals surface area contributed by atoms with Gasteiger partial charge in [-0.25, -0.2) is 8.91 Å². The van der Waals surface area contributed by atoms with Gasteiger partial charge in [0.15, 0.2) is 5.15 Å². The van der Waals surface area contributed by atoms with Gasteiger partial charge >= 0.3 is 0 Å². The van der Waals surface area contributed by atoms with E-state index in [0.29, 0.717) is 18.0 Å². The van der Waals surface area contributed by atoms with Crippen molar-refractivity contribution in [3.8, 4) is 0 Å². The highest BCUT2D eigenvalue weighted by atomic mass is 79.9. The Kier molecular flexibility index (Phi) is 5.47. The smallest absolute Gasteiger partial charge is 0.152 e. The molecule has 7 heteroatoms. The predicted molar refractivity (Wildman–Crippen MR) is 103 cm³/mol. The number of hydrogen-bond donors (Lipinski definition) is 1. The van der Waals surface area contributed by atoms with Crippen LogP contribution < -0.4 is 5.32 Å². The van der Waals surface area contributed by atoms with Gasteiger partial charge in [-0.1, -0.05) is 17.7 Å². The number of aryl methyl sites for hydroxylation is 1. The van der Waals surface area contributed by atoms with Crippen LogP contribution in [0.2, 0.25) is 5.15 Å². The quantitative estimate of drug-likeness (QED) is 0.518. The summed E-state index contributed by atoms with van der Waals surface area (Å²) < 4.78 is 15.9. The summed E-state index contributed by atoms with van der Waals surface area (Å²) in [5.41, 5.74) is 4.08. The zero-order valence-electron chi connectivity index (χ0n) is 13.4. The maximum atomic E-state index is 13.3. The van der Waals surface area contributed by atoms with E-state index in [4.69, 9.17) is 11.6 Å². The minimum atomic E-state index is -0.827. The molecule has 1 N–H and O–H groups in total. The molecule has 0 amide bonds. The molecule has 3 rings (SSSR count). The topological polar surface area (TPSA) is 29.3 Å². The molecule has 0 radical (unpaired) electrons. The minimum absolute atomic E-state index is 0.414. The maximum Gasteiger partial charge on any atom is 0.152 e. The van der Waals surface area contributed by atoms with Crippen molar-refractivity contribution in [3.63, 3.8) is 0 Å².